The van der Waals surface area contributed by atoms with Gasteiger partial charge in [0, 0.05) is 16.5 Å². The molecule has 0 saturated carbocycles. The van der Waals surface area contributed by atoms with Crippen molar-refractivity contribution in [1.29, 1.82) is 0 Å². The van der Waals surface area contributed by atoms with Gasteiger partial charge in [-0.3, -0.25) is 0 Å². The molecule has 1 heterocycles. The van der Waals surface area contributed by atoms with Gasteiger partial charge < -0.3 is 4.57 Å². The summed E-state index contributed by atoms with van der Waals surface area (Å²) >= 11 is 0. The largest absolute Gasteiger partial charge is 0.309 e. The van der Waals surface area contributed by atoms with Gasteiger partial charge in [0.1, 0.15) is 0 Å². The third-order valence-electron chi connectivity index (χ3n) is 5.86. The van der Waals surface area contributed by atoms with Gasteiger partial charge in [-0.05, 0) is 68.3 Å². The number of aromatic nitrogens is 1. The first-order valence-electron chi connectivity index (χ1n) is 10.3. The van der Waals surface area contributed by atoms with Gasteiger partial charge in [0.25, 0.3) is 0 Å². The predicted octanol–water partition coefficient (Wildman–Crippen LogP) is 6.54. The second-order valence-electron chi connectivity index (χ2n) is 8.09. The van der Waals surface area contributed by atoms with E-state index < -0.39 is 9.84 Å². The minimum Gasteiger partial charge on any atom is -0.309 e. The van der Waals surface area contributed by atoms with Crippen molar-refractivity contribution in [2.75, 3.05) is 0 Å². The number of para-hydroxylation sites is 2. The van der Waals surface area contributed by atoms with Crippen LogP contribution in [0.25, 0.3) is 27.5 Å². The molecule has 0 atom stereocenters. The zero-order valence-electron chi connectivity index (χ0n) is 17.8. The molecule has 0 N–H and O–H groups in total. The van der Waals surface area contributed by atoms with Crippen molar-refractivity contribution >= 4 is 31.6 Å². The lowest BCUT2D eigenvalue weighted by molar-refractivity contribution is 0.595. The van der Waals surface area contributed by atoms with E-state index in [2.05, 4.69) is 28.8 Å². The Morgan fingerprint density at radius 3 is 1.65 bits per heavy atom. The maximum Gasteiger partial charge on any atom is 0.207 e. The Balaban J connectivity index is 1.67. The molecule has 0 radical (unpaired) electrons. The fraction of sp³-hybridized carbons (Fsp3) is 0.111. The Bertz CT molecular complexity index is 1480. The number of fused-ring (bicyclic) bond motifs is 3. The highest BCUT2D eigenvalue weighted by Gasteiger charge is 2.23. The van der Waals surface area contributed by atoms with Crippen molar-refractivity contribution in [1.82, 2.24) is 4.57 Å². The first kappa shape index (κ1) is 19.6. The molecule has 5 aromatic rings. The Labute approximate surface area is 182 Å². The molecular formula is C27H23NO2S. The molecule has 4 heteroatoms. The summed E-state index contributed by atoms with van der Waals surface area (Å²) in [4.78, 5) is 0.717. The topological polar surface area (TPSA) is 39.1 Å². The van der Waals surface area contributed by atoms with Crippen molar-refractivity contribution in [3.8, 4) is 5.69 Å². The van der Waals surface area contributed by atoms with Crippen LogP contribution in [-0.4, -0.2) is 13.0 Å². The van der Waals surface area contributed by atoms with Crippen LogP contribution in [0.1, 0.15) is 16.7 Å². The minimum atomic E-state index is -3.60. The van der Waals surface area contributed by atoms with Gasteiger partial charge in [-0.15, -0.1) is 0 Å². The van der Waals surface area contributed by atoms with Gasteiger partial charge in [0.05, 0.1) is 20.8 Å². The van der Waals surface area contributed by atoms with Gasteiger partial charge in [-0.25, -0.2) is 8.42 Å². The molecule has 1 aromatic heterocycles. The van der Waals surface area contributed by atoms with Crippen molar-refractivity contribution in [2.45, 2.75) is 30.6 Å². The second kappa shape index (κ2) is 7.10. The molecule has 5 rings (SSSR count). The van der Waals surface area contributed by atoms with E-state index in [4.69, 9.17) is 0 Å². The molecule has 31 heavy (non-hydrogen) atoms. The molecular weight excluding hydrogens is 402 g/mol. The van der Waals surface area contributed by atoms with Crippen LogP contribution in [0.4, 0.5) is 0 Å². The Kier molecular flexibility index (Phi) is 4.49. The van der Waals surface area contributed by atoms with Crippen molar-refractivity contribution < 1.29 is 8.42 Å². The molecule has 0 aliphatic heterocycles. The molecule has 154 valence electrons. The van der Waals surface area contributed by atoms with E-state index in [1.165, 1.54) is 10.8 Å². The average molecular weight is 426 g/mol. The van der Waals surface area contributed by atoms with Crippen LogP contribution < -0.4 is 0 Å². The Morgan fingerprint density at radius 1 is 0.645 bits per heavy atom. The summed E-state index contributed by atoms with van der Waals surface area (Å²) in [6.07, 6.45) is 0. The van der Waals surface area contributed by atoms with Crippen LogP contribution in [-0.2, 0) is 9.84 Å². The maximum atomic E-state index is 13.4. The van der Waals surface area contributed by atoms with Crippen molar-refractivity contribution in [2.24, 2.45) is 0 Å². The van der Waals surface area contributed by atoms with E-state index >= 15 is 0 Å². The molecule has 0 unspecified atom stereocenters. The number of hydrogen-bond donors (Lipinski definition) is 0. The minimum absolute atomic E-state index is 0.312. The monoisotopic (exact) mass is 425 g/mol. The third-order valence-corrected chi connectivity index (χ3v) is 7.93. The van der Waals surface area contributed by atoms with E-state index in [-0.39, 0.29) is 0 Å². The summed E-state index contributed by atoms with van der Waals surface area (Å²) in [6.45, 7) is 5.70. The fourth-order valence-electron chi connectivity index (χ4n) is 4.68. The van der Waals surface area contributed by atoms with E-state index in [0.29, 0.717) is 9.79 Å². The predicted molar refractivity (Wildman–Crippen MR) is 127 cm³/mol. The summed E-state index contributed by atoms with van der Waals surface area (Å²) < 4.78 is 29.0. The summed E-state index contributed by atoms with van der Waals surface area (Å²) in [5.74, 6) is 0. The van der Waals surface area contributed by atoms with Crippen molar-refractivity contribution in [3.05, 3.63) is 102 Å². The van der Waals surface area contributed by atoms with Gasteiger partial charge in [-0.1, -0.05) is 54.1 Å². The quantitative estimate of drug-likeness (QED) is 0.329. The van der Waals surface area contributed by atoms with E-state index in [0.717, 1.165) is 33.4 Å². The molecule has 0 spiro atoms. The fourth-order valence-corrected chi connectivity index (χ4v) is 6.38. The summed E-state index contributed by atoms with van der Waals surface area (Å²) in [7, 11) is -3.60. The first-order valence-corrected chi connectivity index (χ1v) is 11.8. The molecule has 0 aliphatic carbocycles. The average Bonchev–Trinajstić information content (AvgIpc) is 3.07. The van der Waals surface area contributed by atoms with Gasteiger partial charge in [0.2, 0.25) is 9.84 Å². The number of benzene rings is 4. The smallest absolute Gasteiger partial charge is 0.207 e. The van der Waals surface area contributed by atoms with Crippen LogP contribution in [0.15, 0.2) is 94.7 Å². The Morgan fingerprint density at radius 2 is 1.13 bits per heavy atom. The number of hydrogen-bond acceptors (Lipinski definition) is 2. The lowest BCUT2D eigenvalue weighted by atomic mass is 10.1. The lowest BCUT2D eigenvalue weighted by Crippen LogP contribution is -2.07. The first-order chi connectivity index (χ1) is 14.9. The molecule has 0 amide bonds. The second-order valence-corrected chi connectivity index (χ2v) is 9.98. The third kappa shape index (κ3) is 3.06. The van der Waals surface area contributed by atoms with Crippen LogP contribution >= 0.6 is 0 Å². The SMILES string of the molecule is Cc1cc(C)c(S(=O)(=O)c2ccc(-n3c4ccccc4c4ccccc43)cc2)c(C)c1. The zero-order chi connectivity index (χ0) is 21.8. The van der Waals surface area contributed by atoms with Crippen LogP contribution in [0.5, 0.6) is 0 Å². The summed E-state index contributed by atoms with van der Waals surface area (Å²) in [5, 5.41) is 2.36. The van der Waals surface area contributed by atoms with E-state index in [9.17, 15) is 8.42 Å². The standard InChI is InChI=1S/C27H23NO2S/c1-18-16-19(2)27(20(3)17-18)31(29,30)22-14-12-21(13-15-22)28-25-10-6-4-8-23(25)24-9-5-7-11-26(24)28/h4-17H,1-3H3. The molecule has 0 bridgehead atoms. The van der Waals surface area contributed by atoms with Crippen molar-refractivity contribution in [3.63, 3.8) is 0 Å². The van der Waals surface area contributed by atoms with Crippen LogP contribution in [0.2, 0.25) is 0 Å². The molecule has 4 aromatic carbocycles. The number of sulfone groups is 1. The van der Waals surface area contributed by atoms with E-state index in [1.807, 2.05) is 69.3 Å². The number of aryl methyl sites for hydroxylation is 3. The molecule has 0 saturated heterocycles. The van der Waals surface area contributed by atoms with Gasteiger partial charge >= 0.3 is 0 Å². The van der Waals surface area contributed by atoms with Gasteiger partial charge in [-0.2, -0.15) is 0 Å². The number of rotatable bonds is 3. The summed E-state index contributed by atoms with van der Waals surface area (Å²) in [5.41, 5.74) is 5.77. The highest BCUT2D eigenvalue weighted by atomic mass is 32.2. The van der Waals surface area contributed by atoms with Crippen LogP contribution in [0.3, 0.4) is 0 Å². The zero-order valence-corrected chi connectivity index (χ0v) is 18.6. The lowest BCUT2D eigenvalue weighted by Gasteiger charge is -2.13. The molecule has 0 fully saturated rings. The molecule has 3 nitrogen and oxygen atoms in total. The van der Waals surface area contributed by atoms with E-state index in [1.54, 1.807) is 12.1 Å². The molecule has 0 aliphatic rings. The van der Waals surface area contributed by atoms with Crippen LogP contribution in [0, 0.1) is 20.8 Å². The highest BCUT2D eigenvalue weighted by molar-refractivity contribution is 7.91. The Hall–Kier alpha value is -3.37. The normalized spacial score (nSPS) is 12.0. The number of nitrogens with zero attached hydrogens (tertiary/aromatic N) is 1. The van der Waals surface area contributed by atoms with Gasteiger partial charge in [0.15, 0.2) is 0 Å². The highest BCUT2D eigenvalue weighted by Crippen LogP contribution is 2.33. The summed E-state index contributed by atoms with van der Waals surface area (Å²) in [6, 6.07) is 27.6. The maximum absolute atomic E-state index is 13.4.